The SMILES string of the molecule is CNn1cc(-c2cc(N)nc(NC(C)C)c2)nn1. The summed E-state index contributed by atoms with van der Waals surface area (Å²) in [5, 5.41) is 11.2. The highest BCUT2D eigenvalue weighted by atomic mass is 15.6. The minimum absolute atomic E-state index is 0.292. The highest BCUT2D eigenvalue weighted by Gasteiger charge is 2.07. The van der Waals surface area contributed by atoms with Crippen molar-refractivity contribution in [3.05, 3.63) is 18.3 Å². The second kappa shape index (κ2) is 4.91. The molecule has 0 spiro atoms. The molecule has 0 aliphatic carbocycles. The quantitative estimate of drug-likeness (QED) is 0.743. The van der Waals surface area contributed by atoms with Crippen LogP contribution in [0.25, 0.3) is 11.3 Å². The van der Waals surface area contributed by atoms with Gasteiger partial charge in [-0.15, -0.1) is 5.10 Å². The van der Waals surface area contributed by atoms with Crippen LogP contribution in [0, 0.1) is 0 Å². The number of aromatic nitrogens is 4. The molecule has 96 valence electrons. The van der Waals surface area contributed by atoms with Gasteiger partial charge in [-0.2, -0.15) is 4.79 Å². The van der Waals surface area contributed by atoms with Crippen LogP contribution < -0.4 is 16.5 Å². The van der Waals surface area contributed by atoms with Crippen LogP contribution in [0.2, 0.25) is 0 Å². The van der Waals surface area contributed by atoms with E-state index in [1.165, 1.54) is 4.79 Å². The first-order valence-electron chi connectivity index (χ1n) is 5.73. The van der Waals surface area contributed by atoms with Crippen molar-refractivity contribution in [2.45, 2.75) is 19.9 Å². The van der Waals surface area contributed by atoms with Gasteiger partial charge in [0.2, 0.25) is 0 Å². The molecule has 7 nitrogen and oxygen atoms in total. The summed E-state index contributed by atoms with van der Waals surface area (Å²) < 4.78 is 0. The third-order valence-corrected chi connectivity index (χ3v) is 2.30. The molecule has 2 rings (SSSR count). The maximum Gasteiger partial charge on any atom is 0.129 e. The molecule has 0 bridgehead atoms. The van der Waals surface area contributed by atoms with E-state index in [1.54, 1.807) is 19.3 Å². The summed E-state index contributed by atoms with van der Waals surface area (Å²) in [7, 11) is 1.77. The van der Waals surface area contributed by atoms with E-state index in [0.29, 0.717) is 11.9 Å². The Bertz CT molecular complexity index is 532. The Labute approximate surface area is 105 Å². The normalized spacial score (nSPS) is 10.7. The van der Waals surface area contributed by atoms with Gasteiger partial charge in [0.1, 0.15) is 17.3 Å². The molecule has 0 aliphatic heterocycles. The van der Waals surface area contributed by atoms with Gasteiger partial charge in [0, 0.05) is 18.7 Å². The lowest BCUT2D eigenvalue weighted by molar-refractivity contribution is 0.728. The summed E-state index contributed by atoms with van der Waals surface area (Å²) in [5.41, 5.74) is 10.3. The molecule has 0 unspecified atom stereocenters. The average molecular weight is 247 g/mol. The molecule has 0 fully saturated rings. The van der Waals surface area contributed by atoms with Crippen LogP contribution in [0.5, 0.6) is 0 Å². The van der Waals surface area contributed by atoms with Crippen molar-refractivity contribution < 1.29 is 0 Å². The standard InChI is InChI=1S/C11H17N7/c1-7(2)14-11-5-8(4-10(12)15-11)9-6-18(13-3)17-16-9/h4-7,13H,1-3H3,(H3,12,14,15). The lowest BCUT2D eigenvalue weighted by atomic mass is 10.2. The summed E-state index contributed by atoms with van der Waals surface area (Å²) in [6.07, 6.45) is 1.79. The summed E-state index contributed by atoms with van der Waals surface area (Å²) in [6, 6.07) is 3.97. The Morgan fingerprint density at radius 2 is 2.11 bits per heavy atom. The van der Waals surface area contributed by atoms with Crippen molar-refractivity contribution in [2.24, 2.45) is 0 Å². The van der Waals surface area contributed by atoms with Crippen LogP contribution in [0.1, 0.15) is 13.8 Å². The summed E-state index contributed by atoms with van der Waals surface area (Å²) in [6.45, 7) is 4.09. The molecular weight excluding hydrogens is 230 g/mol. The number of nitrogen functional groups attached to an aromatic ring is 1. The zero-order chi connectivity index (χ0) is 13.1. The molecule has 18 heavy (non-hydrogen) atoms. The van der Waals surface area contributed by atoms with Crippen molar-refractivity contribution in [3.63, 3.8) is 0 Å². The molecule has 7 heteroatoms. The summed E-state index contributed by atoms with van der Waals surface area (Å²) >= 11 is 0. The molecule has 0 radical (unpaired) electrons. The first kappa shape index (κ1) is 12.2. The van der Waals surface area contributed by atoms with E-state index in [1.807, 2.05) is 19.9 Å². The predicted molar refractivity (Wildman–Crippen MR) is 71.7 cm³/mol. The molecule has 0 saturated heterocycles. The maximum absolute atomic E-state index is 5.79. The highest BCUT2D eigenvalue weighted by molar-refractivity contribution is 5.66. The number of nitrogens with zero attached hydrogens (tertiary/aromatic N) is 4. The zero-order valence-corrected chi connectivity index (χ0v) is 10.7. The first-order valence-corrected chi connectivity index (χ1v) is 5.73. The average Bonchev–Trinajstić information content (AvgIpc) is 2.75. The fraction of sp³-hybridized carbons (Fsp3) is 0.364. The Balaban J connectivity index is 2.35. The highest BCUT2D eigenvalue weighted by Crippen LogP contribution is 2.21. The number of nitrogens with two attached hydrogens (primary N) is 1. The van der Waals surface area contributed by atoms with Gasteiger partial charge in [0.25, 0.3) is 0 Å². The fourth-order valence-corrected chi connectivity index (χ4v) is 1.57. The Morgan fingerprint density at radius 3 is 2.72 bits per heavy atom. The zero-order valence-electron chi connectivity index (χ0n) is 10.7. The number of hydrogen-bond acceptors (Lipinski definition) is 6. The molecular formula is C11H17N7. The Morgan fingerprint density at radius 1 is 1.33 bits per heavy atom. The van der Waals surface area contributed by atoms with Crippen LogP contribution in [-0.4, -0.2) is 33.2 Å². The number of nitrogens with one attached hydrogen (secondary N) is 2. The van der Waals surface area contributed by atoms with Crippen LogP contribution >= 0.6 is 0 Å². The molecule has 2 aromatic heterocycles. The van der Waals surface area contributed by atoms with Crippen molar-refractivity contribution in [1.82, 2.24) is 20.1 Å². The third kappa shape index (κ3) is 2.68. The van der Waals surface area contributed by atoms with Gasteiger partial charge in [-0.25, -0.2) is 4.98 Å². The molecule has 0 amide bonds. The van der Waals surface area contributed by atoms with Gasteiger partial charge in [-0.05, 0) is 31.2 Å². The number of anilines is 2. The van der Waals surface area contributed by atoms with Crippen molar-refractivity contribution in [2.75, 3.05) is 23.5 Å². The monoisotopic (exact) mass is 247 g/mol. The van der Waals surface area contributed by atoms with Crippen LogP contribution in [0.15, 0.2) is 18.3 Å². The second-order valence-corrected chi connectivity index (χ2v) is 4.24. The number of rotatable bonds is 4. The summed E-state index contributed by atoms with van der Waals surface area (Å²) in [5.74, 6) is 1.19. The van der Waals surface area contributed by atoms with E-state index >= 15 is 0 Å². The van der Waals surface area contributed by atoms with Crippen LogP contribution in [-0.2, 0) is 0 Å². The molecule has 0 atom stereocenters. The molecule has 4 N–H and O–H groups in total. The molecule has 0 saturated carbocycles. The van der Waals surface area contributed by atoms with Gasteiger partial charge in [-0.1, -0.05) is 0 Å². The first-order chi connectivity index (χ1) is 8.58. The van der Waals surface area contributed by atoms with Gasteiger partial charge in [0.15, 0.2) is 0 Å². The van der Waals surface area contributed by atoms with Crippen molar-refractivity contribution in [3.8, 4) is 11.3 Å². The predicted octanol–water partition coefficient (Wildman–Crippen LogP) is 0.916. The third-order valence-electron chi connectivity index (χ3n) is 2.30. The largest absolute Gasteiger partial charge is 0.384 e. The van der Waals surface area contributed by atoms with Crippen LogP contribution in [0.4, 0.5) is 11.6 Å². The minimum Gasteiger partial charge on any atom is -0.384 e. The lowest BCUT2D eigenvalue weighted by Crippen LogP contribution is -2.11. The fourth-order valence-electron chi connectivity index (χ4n) is 1.57. The smallest absolute Gasteiger partial charge is 0.129 e. The Hall–Kier alpha value is -2.31. The Kier molecular flexibility index (Phi) is 3.31. The second-order valence-electron chi connectivity index (χ2n) is 4.24. The van der Waals surface area contributed by atoms with Gasteiger partial charge < -0.3 is 16.5 Å². The van der Waals surface area contributed by atoms with Crippen molar-refractivity contribution >= 4 is 11.6 Å². The van der Waals surface area contributed by atoms with E-state index in [9.17, 15) is 0 Å². The van der Waals surface area contributed by atoms with Crippen molar-refractivity contribution in [1.29, 1.82) is 0 Å². The minimum atomic E-state index is 0.292. The lowest BCUT2D eigenvalue weighted by Gasteiger charge is -2.10. The topological polar surface area (TPSA) is 93.7 Å². The van der Waals surface area contributed by atoms with E-state index in [-0.39, 0.29) is 0 Å². The van der Waals surface area contributed by atoms with Gasteiger partial charge in [-0.3, -0.25) is 0 Å². The molecule has 2 aromatic rings. The number of hydrogen-bond donors (Lipinski definition) is 3. The van der Waals surface area contributed by atoms with Gasteiger partial charge in [0.05, 0.1) is 6.20 Å². The van der Waals surface area contributed by atoms with Gasteiger partial charge >= 0.3 is 0 Å². The molecule has 2 heterocycles. The molecule has 0 aliphatic rings. The molecule has 0 aromatic carbocycles. The van der Waals surface area contributed by atoms with Crippen LogP contribution in [0.3, 0.4) is 0 Å². The maximum atomic E-state index is 5.79. The summed E-state index contributed by atoms with van der Waals surface area (Å²) in [4.78, 5) is 5.75. The van der Waals surface area contributed by atoms with E-state index in [0.717, 1.165) is 17.1 Å². The van der Waals surface area contributed by atoms with E-state index in [4.69, 9.17) is 5.73 Å². The number of pyridine rings is 1. The van der Waals surface area contributed by atoms with E-state index in [2.05, 4.69) is 26.0 Å². The van der Waals surface area contributed by atoms with E-state index < -0.39 is 0 Å².